The molecule has 0 aliphatic heterocycles. The first-order valence-corrected chi connectivity index (χ1v) is 10.2. The molecule has 10 heteroatoms. The highest BCUT2D eigenvalue weighted by molar-refractivity contribution is 8.00. The SMILES string of the molecule is CSc1nc2ncnc(NCCCc3nc(-c4ccc(F)cc4)no3)c2s1. The topological polar surface area (TPSA) is 89.6 Å². The number of hydrogen-bond acceptors (Lipinski definition) is 9. The van der Waals surface area contributed by atoms with Gasteiger partial charge in [0, 0.05) is 18.5 Å². The zero-order valence-electron chi connectivity index (χ0n) is 14.3. The van der Waals surface area contributed by atoms with Gasteiger partial charge in [0.15, 0.2) is 9.99 Å². The standard InChI is InChI=1S/C17H15FN6OS2/c1-26-17-23-16-13(27-17)15(20-9-21-16)19-8-2-3-12-22-14(24-25-12)10-4-6-11(18)7-5-10/h4-7,9H,2-3,8H2,1H3,(H,19,20,21). The summed E-state index contributed by atoms with van der Waals surface area (Å²) in [6, 6.07) is 6.01. The highest BCUT2D eigenvalue weighted by Crippen LogP contribution is 2.30. The lowest BCUT2D eigenvalue weighted by molar-refractivity contribution is 0.377. The molecule has 27 heavy (non-hydrogen) atoms. The molecular formula is C17H15FN6OS2. The number of benzene rings is 1. The van der Waals surface area contributed by atoms with Gasteiger partial charge in [0.25, 0.3) is 0 Å². The third-order valence-corrected chi connectivity index (χ3v) is 5.81. The van der Waals surface area contributed by atoms with Crippen molar-refractivity contribution in [2.45, 2.75) is 17.2 Å². The molecule has 3 aromatic heterocycles. The van der Waals surface area contributed by atoms with E-state index in [1.165, 1.54) is 18.5 Å². The lowest BCUT2D eigenvalue weighted by Gasteiger charge is -2.04. The van der Waals surface area contributed by atoms with Gasteiger partial charge in [-0.3, -0.25) is 0 Å². The van der Waals surface area contributed by atoms with Crippen LogP contribution in [-0.4, -0.2) is 37.9 Å². The molecule has 1 N–H and O–H groups in total. The van der Waals surface area contributed by atoms with E-state index in [-0.39, 0.29) is 5.82 Å². The molecule has 138 valence electrons. The van der Waals surface area contributed by atoms with Crippen LogP contribution in [0.15, 0.2) is 39.5 Å². The molecule has 0 bridgehead atoms. The fourth-order valence-electron chi connectivity index (χ4n) is 2.47. The van der Waals surface area contributed by atoms with Gasteiger partial charge in [-0.05, 0) is 36.9 Å². The summed E-state index contributed by atoms with van der Waals surface area (Å²) in [6.07, 6.45) is 4.93. The van der Waals surface area contributed by atoms with Crippen molar-refractivity contribution in [3.63, 3.8) is 0 Å². The molecule has 3 heterocycles. The van der Waals surface area contributed by atoms with Crippen LogP contribution in [0.3, 0.4) is 0 Å². The first kappa shape index (κ1) is 17.8. The number of aromatic nitrogens is 5. The second kappa shape index (κ2) is 7.97. The van der Waals surface area contributed by atoms with Crippen molar-refractivity contribution in [2.75, 3.05) is 18.1 Å². The third-order valence-electron chi connectivity index (χ3n) is 3.78. The summed E-state index contributed by atoms with van der Waals surface area (Å²) in [5.74, 6) is 1.50. The van der Waals surface area contributed by atoms with E-state index >= 15 is 0 Å². The van der Waals surface area contributed by atoms with Gasteiger partial charge >= 0.3 is 0 Å². The first-order valence-electron chi connectivity index (χ1n) is 8.21. The summed E-state index contributed by atoms with van der Waals surface area (Å²) in [6.45, 7) is 0.701. The number of halogens is 1. The highest BCUT2D eigenvalue weighted by atomic mass is 32.2. The second-order valence-corrected chi connectivity index (χ2v) is 7.66. The molecule has 0 unspecified atom stereocenters. The van der Waals surface area contributed by atoms with E-state index in [0.29, 0.717) is 30.3 Å². The van der Waals surface area contributed by atoms with Crippen molar-refractivity contribution < 1.29 is 8.91 Å². The zero-order valence-corrected chi connectivity index (χ0v) is 16.0. The Labute approximate surface area is 162 Å². The summed E-state index contributed by atoms with van der Waals surface area (Å²) in [4.78, 5) is 17.3. The van der Waals surface area contributed by atoms with Gasteiger partial charge in [0.05, 0.1) is 0 Å². The molecule has 0 spiro atoms. The predicted molar refractivity (Wildman–Crippen MR) is 103 cm³/mol. The first-order chi connectivity index (χ1) is 13.2. The van der Waals surface area contributed by atoms with Crippen molar-refractivity contribution in [2.24, 2.45) is 0 Å². The number of nitrogens with zero attached hydrogens (tertiary/aromatic N) is 5. The monoisotopic (exact) mass is 402 g/mol. The highest BCUT2D eigenvalue weighted by Gasteiger charge is 2.11. The smallest absolute Gasteiger partial charge is 0.227 e. The van der Waals surface area contributed by atoms with Crippen LogP contribution in [0.2, 0.25) is 0 Å². The molecule has 1 aromatic carbocycles. The fraction of sp³-hybridized carbons (Fsp3) is 0.235. The molecule has 0 aliphatic rings. The normalized spacial score (nSPS) is 11.2. The van der Waals surface area contributed by atoms with Crippen LogP contribution in [0, 0.1) is 5.82 Å². The number of anilines is 1. The third kappa shape index (κ3) is 4.06. The van der Waals surface area contributed by atoms with Gasteiger partial charge in [0.1, 0.15) is 22.7 Å². The van der Waals surface area contributed by atoms with Gasteiger partial charge in [-0.2, -0.15) is 4.98 Å². The average Bonchev–Trinajstić information content (AvgIpc) is 3.33. The van der Waals surface area contributed by atoms with Crippen LogP contribution in [0.4, 0.5) is 10.2 Å². The number of thioether (sulfide) groups is 1. The number of rotatable bonds is 7. The minimum Gasteiger partial charge on any atom is -0.369 e. The Hall–Kier alpha value is -2.59. The number of nitrogens with one attached hydrogen (secondary N) is 1. The quantitative estimate of drug-likeness (QED) is 0.366. The van der Waals surface area contributed by atoms with Crippen molar-refractivity contribution in [3.05, 3.63) is 42.3 Å². The summed E-state index contributed by atoms with van der Waals surface area (Å²) in [7, 11) is 0. The Bertz CT molecular complexity index is 1050. The Morgan fingerprint density at radius 1 is 1.19 bits per heavy atom. The number of thiazole rings is 1. The molecule has 0 aliphatic carbocycles. The lowest BCUT2D eigenvalue weighted by Crippen LogP contribution is -2.05. The lowest BCUT2D eigenvalue weighted by atomic mass is 10.2. The van der Waals surface area contributed by atoms with Crippen LogP contribution in [-0.2, 0) is 6.42 Å². The van der Waals surface area contributed by atoms with Gasteiger partial charge in [-0.1, -0.05) is 16.9 Å². The zero-order chi connectivity index (χ0) is 18.6. The van der Waals surface area contributed by atoms with Crippen LogP contribution in [0.1, 0.15) is 12.3 Å². The molecule has 0 amide bonds. The molecular weight excluding hydrogens is 387 g/mol. The van der Waals surface area contributed by atoms with Gasteiger partial charge < -0.3 is 9.84 Å². The van der Waals surface area contributed by atoms with E-state index in [0.717, 1.165) is 26.8 Å². The van der Waals surface area contributed by atoms with Crippen LogP contribution in [0.25, 0.3) is 21.7 Å². The molecule has 0 saturated carbocycles. The Morgan fingerprint density at radius 2 is 2.04 bits per heavy atom. The Balaban J connectivity index is 1.34. The number of aryl methyl sites for hydroxylation is 1. The molecule has 4 aromatic rings. The summed E-state index contributed by atoms with van der Waals surface area (Å²) < 4.78 is 20.2. The van der Waals surface area contributed by atoms with E-state index < -0.39 is 0 Å². The second-order valence-electron chi connectivity index (χ2n) is 5.61. The summed E-state index contributed by atoms with van der Waals surface area (Å²) >= 11 is 3.17. The molecule has 0 saturated heterocycles. The van der Waals surface area contributed by atoms with Gasteiger partial charge in [-0.15, -0.1) is 11.3 Å². The summed E-state index contributed by atoms with van der Waals surface area (Å²) in [5, 5.41) is 7.27. The van der Waals surface area contributed by atoms with E-state index in [9.17, 15) is 4.39 Å². The van der Waals surface area contributed by atoms with E-state index in [1.807, 2.05) is 6.26 Å². The number of fused-ring (bicyclic) bond motifs is 1. The van der Waals surface area contributed by atoms with E-state index in [2.05, 4.69) is 30.4 Å². The maximum Gasteiger partial charge on any atom is 0.227 e. The largest absolute Gasteiger partial charge is 0.369 e. The average molecular weight is 402 g/mol. The predicted octanol–water partition coefficient (Wildman–Crippen LogP) is 4.04. The van der Waals surface area contributed by atoms with Crippen molar-refractivity contribution in [1.29, 1.82) is 0 Å². The molecule has 0 fully saturated rings. The van der Waals surface area contributed by atoms with Crippen molar-refractivity contribution in [3.8, 4) is 11.4 Å². The van der Waals surface area contributed by atoms with Crippen molar-refractivity contribution >= 4 is 39.3 Å². The minimum atomic E-state index is -0.294. The van der Waals surface area contributed by atoms with Gasteiger partial charge in [-0.25, -0.2) is 19.3 Å². The molecule has 0 radical (unpaired) electrons. The summed E-state index contributed by atoms with van der Waals surface area (Å²) in [5.41, 5.74) is 1.44. The van der Waals surface area contributed by atoms with E-state index in [4.69, 9.17) is 4.52 Å². The van der Waals surface area contributed by atoms with Crippen LogP contribution < -0.4 is 5.32 Å². The molecule has 0 atom stereocenters. The van der Waals surface area contributed by atoms with Crippen LogP contribution in [0.5, 0.6) is 0 Å². The molecule has 7 nitrogen and oxygen atoms in total. The maximum absolute atomic E-state index is 13.0. The van der Waals surface area contributed by atoms with Gasteiger partial charge in [0.2, 0.25) is 11.7 Å². The van der Waals surface area contributed by atoms with Crippen molar-refractivity contribution in [1.82, 2.24) is 25.1 Å². The maximum atomic E-state index is 13.0. The van der Waals surface area contributed by atoms with Crippen LogP contribution >= 0.6 is 23.1 Å². The Morgan fingerprint density at radius 3 is 2.85 bits per heavy atom. The Kier molecular flexibility index (Phi) is 5.26. The molecule has 4 rings (SSSR count). The minimum absolute atomic E-state index is 0.294. The number of hydrogen-bond donors (Lipinski definition) is 1. The van der Waals surface area contributed by atoms with E-state index in [1.54, 1.807) is 35.2 Å². The fourth-order valence-corrected chi connectivity index (χ4v) is 3.95.